The van der Waals surface area contributed by atoms with Crippen LogP contribution in [0.5, 0.6) is 0 Å². The molecular formula is C25H30N6O. The van der Waals surface area contributed by atoms with Gasteiger partial charge in [-0.3, -0.25) is 9.89 Å². The molecule has 0 radical (unpaired) electrons. The molecule has 7 heteroatoms. The van der Waals surface area contributed by atoms with Gasteiger partial charge in [-0.25, -0.2) is 9.97 Å². The van der Waals surface area contributed by atoms with Crippen LogP contribution in [-0.2, 0) is 13.0 Å². The van der Waals surface area contributed by atoms with Crippen LogP contribution in [0.1, 0.15) is 84.6 Å². The lowest BCUT2D eigenvalue weighted by Gasteiger charge is -2.30. The third kappa shape index (κ3) is 3.63. The van der Waals surface area contributed by atoms with E-state index >= 15 is 0 Å². The Morgan fingerprint density at radius 1 is 0.906 bits per heavy atom. The first-order valence-electron chi connectivity index (χ1n) is 12.1. The number of carbonyl (C=O) groups excluding carboxylic acids is 1. The number of hydrogen-bond donors (Lipinski definition) is 1. The molecule has 3 aromatic rings. The minimum Gasteiger partial charge on any atom is -0.337 e. The van der Waals surface area contributed by atoms with Gasteiger partial charge in [0.25, 0.3) is 5.91 Å². The second-order valence-corrected chi connectivity index (χ2v) is 9.48. The first kappa shape index (κ1) is 19.7. The van der Waals surface area contributed by atoms with Gasteiger partial charge in [0.2, 0.25) is 0 Å². The van der Waals surface area contributed by atoms with E-state index in [1.54, 1.807) is 0 Å². The summed E-state index contributed by atoms with van der Waals surface area (Å²) in [5.74, 6) is 3.94. The fraction of sp³-hybridized carbons (Fsp3) is 0.520. The van der Waals surface area contributed by atoms with Crippen molar-refractivity contribution in [3.63, 3.8) is 0 Å². The Labute approximate surface area is 188 Å². The summed E-state index contributed by atoms with van der Waals surface area (Å²) in [6, 6.07) is 10.3. The normalized spacial score (nSPS) is 19.6. The fourth-order valence-corrected chi connectivity index (χ4v) is 5.20. The maximum absolute atomic E-state index is 13.6. The van der Waals surface area contributed by atoms with Crippen LogP contribution >= 0.6 is 0 Å². The number of H-pyrrole nitrogens is 1. The van der Waals surface area contributed by atoms with E-state index in [1.165, 1.54) is 19.3 Å². The molecule has 1 aromatic carbocycles. The summed E-state index contributed by atoms with van der Waals surface area (Å²) in [6.07, 6.45) is 8.67. The van der Waals surface area contributed by atoms with E-state index in [2.05, 4.69) is 26.9 Å². The minimum absolute atomic E-state index is 0.0903. The number of imidazole rings is 1. The maximum Gasteiger partial charge on any atom is 0.274 e. The number of aromatic nitrogens is 5. The first-order chi connectivity index (χ1) is 15.8. The fourth-order valence-electron chi connectivity index (χ4n) is 5.20. The number of piperidine rings is 1. The molecule has 2 fully saturated rings. The number of hydrogen-bond acceptors (Lipinski definition) is 4. The van der Waals surface area contributed by atoms with Gasteiger partial charge in [0.15, 0.2) is 5.82 Å². The molecule has 2 aromatic heterocycles. The van der Waals surface area contributed by atoms with Gasteiger partial charge < -0.3 is 9.47 Å². The lowest BCUT2D eigenvalue weighted by molar-refractivity contribution is 0.0704. The van der Waals surface area contributed by atoms with Crippen LogP contribution < -0.4 is 0 Å². The number of aromatic amines is 1. The van der Waals surface area contributed by atoms with Crippen molar-refractivity contribution in [2.24, 2.45) is 0 Å². The second-order valence-electron chi connectivity index (χ2n) is 9.48. The van der Waals surface area contributed by atoms with Crippen molar-refractivity contribution in [1.29, 1.82) is 0 Å². The minimum atomic E-state index is 0.0903. The van der Waals surface area contributed by atoms with Gasteiger partial charge >= 0.3 is 0 Å². The lowest BCUT2D eigenvalue weighted by atomic mass is 9.96. The summed E-state index contributed by atoms with van der Waals surface area (Å²) in [4.78, 5) is 25.3. The molecule has 3 aliphatic rings. The predicted molar refractivity (Wildman–Crippen MR) is 121 cm³/mol. The van der Waals surface area contributed by atoms with Crippen molar-refractivity contribution >= 4 is 5.91 Å². The van der Waals surface area contributed by atoms with Gasteiger partial charge in [-0.05, 0) is 44.9 Å². The van der Waals surface area contributed by atoms with Crippen molar-refractivity contribution in [3.8, 4) is 11.4 Å². The van der Waals surface area contributed by atoms with E-state index in [9.17, 15) is 4.79 Å². The van der Waals surface area contributed by atoms with Crippen molar-refractivity contribution < 1.29 is 4.79 Å². The Balaban J connectivity index is 1.22. The summed E-state index contributed by atoms with van der Waals surface area (Å²) in [5.41, 5.74) is 2.88. The van der Waals surface area contributed by atoms with E-state index in [4.69, 9.17) is 9.97 Å². The van der Waals surface area contributed by atoms with E-state index in [-0.39, 0.29) is 5.91 Å². The third-order valence-electron chi connectivity index (χ3n) is 7.23. The maximum atomic E-state index is 13.6. The SMILES string of the molecule is O=C(c1nc(-c2ccccc2)n2c1CCCCC2)N1CCC(c2nc(C3CC3)n[nH]2)CC1. The van der Waals surface area contributed by atoms with Crippen molar-refractivity contribution in [2.75, 3.05) is 13.1 Å². The summed E-state index contributed by atoms with van der Waals surface area (Å²) in [6.45, 7) is 2.43. The molecule has 1 saturated carbocycles. The zero-order valence-electron chi connectivity index (χ0n) is 18.5. The number of nitrogens with one attached hydrogen (secondary N) is 1. The number of amides is 1. The molecule has 4 heterocycles. The van der Waals surface area contributed by atoms with Crippen LogP contribution in [0.3, 0.4) is 0 Å². The monoisotopic (exact) mass is 430 g/mol. The van der Waals surface area contributed by atoms with Gasteiger partial charge in [-0.2, -0.15) is 5.10 Å². The molecule has 0 atom stereocenters. The van der Waals surface area contributed by atoms with E-state index < -0.39 is 0 Å². The van der Waals surface area contributed by atoms with Gasteiger partial charge in [-0.1, -0.05) is 36.8 Å². The average molecular weight is 431 g/mol. The number of nitrogens with zero attached hydrogens (tertiary/aromatic N) is 5. The predicted octanol–water partition coefficient (Wildman–Crippen LogP) is 4.29. The zero-order chi connectivity index (χ0) is 21.5. The van der Waals surface area contributed by atoms with E-state index in [0.717, 1.165) is 80.5 Å². The quantitative estimate of drug-likeness (QED) is 0.670. The molecule has 1 saturated heterocycles. The van der Waals surface area contributed by atoms with Crippen molar-refractivity contribution in [3.05, 3.63) is 53.4 Å². The third-order valence-corrected chi connectivity index (χ3v) is 7.23. The topological polar surface area (TPSA) is 79.7 Å². The Morgan fingerprint density at radius 2 is 1.72 bits per heavy atom. The lowest BCUT2D eigenvalue weighted by Crippen LogP contribution is -2.38. The van der Waals surface area contributed by atoms with Crippen LogP contribution in [0.25, 0.3) is 11.4 Å². The van der Waals surface area contributed by atoms with Crippen LogP contribution in [0.15, 0.2) is 30.3 Å². The molecule has 6 rings (SSSR count). The Hall–Kier alpha value is -2.96. The van der Waals surface area contributed by atoms with Crippen LogP contribution in [0.4, 0.5) is 0 Å². The first-order valence-corrected chi connectivity index (χ1v) is 12.1. The van der Waals surface area contributed by atoms with Gasteiger partial charge in [-0.15, -0.1) is 0 Å². The molecule has 1 amide bonds. The molecule has 32 heavy (non-hydrogen) atoms. The second kappa shape index (κ2) is 8.19. The largest absolute Gasteiger partial charge is 0.337 e. The van der Waals surface area contributed by atoms with Crippen LogP contribution in [0, 0.1) is 0 Å². The van der Waals surface area contributed by atoms with Crippen molar-refractivity contribution in [1.82, 2.24) is 29.6 Å². The molecule has 0 unspecified atom stereocenters. The number of likely N-dealkylation sites (tertiary alicyclic amines) is 1. The van der Waals surface area contributed by atoms with E-state index in [0.29, 0.717) is 17.5 Å². The van der Waals surface area contributed by atoms with Crippen molar-refractivity contribution in [2.45, 2.75) is 69.7 Å². The standard InChI is InChI=1S/C25H30N6O/c32-25(30-15-12-18(13-16-30)23-27-22(28-29-23)17-10-11-17)21-20-9-5-2-6-14-31(20)24(26-21)19-7-3-1-4-8-19/h1,3-4,7-8,17-18H,2,5-6,9-16H2,(H,27,28,29). The number of fused-ring (bicyclic) bond motifs is 1. The highest BCUT2D eigenvalue weighted by Gasteiger charge is 2.33. The number of carbonyl (C=O) groups is 1. The molecule has 2 aliphatic heterocycles. The van der Waals surface area contributed by atoms with E-state index in [1.807, 2.05) is 23.1 Å². The Kier molecular flexibility index (Phi) is 5.04. The van der Waals surface area contributed by atoms with Crippen LogP contribution in [0.2, 0.25) is 0 Å². The highest BCUT2D eigenvalue weighted by Crippen LogP contribution is 2.38. The van der Waals surface area contributed by atoms with Gasteiger partial charge in [0, 0.05) is 37.0 Å². The summed E-state index contributed by atoms with van der Waals surface area (Å²) >= 11 is 0. The molecular weight excluding hydrogens is 400 g/mol. The van der Waals surface area contributed by atoms with Gasteiger partial charge in [0.05, 0.1) is 5.69 Å². The molecule has 0 spiro atoms. The summed E-state index contributed by atoms with van der Waals surface area (Å²) in [7, 11) is 0. The highest BCUT2D eigenvalue weighted by atomic mass is 16.2. The molecule has 1 N–H and O–H groups in total. The average Bonchev–Trinajstić information content (AvgIpc) is 3.54. The van der Waals surface area contributed by atoms with Gasteiger partial charge in [0.1, 0.15) is 17.3 Å². The summed E-state index contributed by atoms with van der Waals surface area (Å²) < 4.78 is 2.30. The Bertz CT molecular complexity index is 1100. The molecule has 166 valence electrons. The molecule has 1 aliphatic carbocycles. The highest BCUT2D eigenvalue weighted by molar-refractivity contribution is 5.94. The van der Waals surface area contributed by atoms with Crippen LogP contribution in [-0.4, -0.2) is 48.6 Å². The number of rotatable bonds is 4. The Morgan fingerprint density at radius 3 is 2.50 bits per heavy atom. The molecule has 0 bridgehead atoms. The summed E-state index contributed by atoms with van der Waals surface area (Å²) in [5, 5.41) is 7.58. The molecule has 7 nitrogen and oxygen atoms in total. The number of benzene rings is 1. The smallest absolute Gasteiger partial charge is 0.274 e. The zero-order valence-corrected chi connectivity index (χ0v) is 18.5.